The Bertz CT molecular complexity index is 926. The largest absolute Gasteiger partial charge is 0.493 e. The van der Waals surface area contributed by atoms with E-state index in [-0.39, 0.29) is 18.4 Å². The van der Waals surface area contributed by atoms with E-state index in [0.29, 0.717) is 0 Å². The molecule has 0 bridgehead atoms. The molecule has 138 valence electrons. The lowest BCUT2D eigenvalue weighted by Crippen LogP contribution is -2.31. The van der Waals surface area contributed by atoms with Crippen LogP contribution >= 0.6 is 28.3 Å². The second kappa shape index (κ2) is 7.91. The van der Waals surface area contributed by atoms with Crippen molar-refractivity contribution < 1.29 is 9.47 Å². The van der Waals surface area contributed by atoms with Crippen molar-refractivity contribution in [2.45, 2.75) is 18.9 Å². The van der Waals surface area contributed by atoms with Crippen molar-refractivity contribution in [3.8, 4) is 11.5 Å². The Morgan fingerprint density at radius 2 is 1.92 bits per heavy atom. The molecule has 0 fully saturated rings. The monoisotopic (exact) mass is 436 g/mol. The lowest BCUT2D eigenvalue weighted by molar-refractivity contribution is 0.354. The Morgan fingerprint density at radius 3 is 2.69 bits per heavy atom. The predicted molar refractivity (Wildman–Crippen MR) is 111 cm³/mol. The highest BCUT2D eigenvalue weighted by atomic mass is 79.9. The number of hydrogen-bond donors (Lipinski definition) is 2. The van der Waals surface area contributed by atoms with Gasteiger partial charge in [0.1, 0.15) is 0 Å². The van der Waals surface area contributed by atoms with E-state index in [1.165, 1.54) is 27.7 Å². The van der Waals surface area contributed by atoms with Crippen LogP contribution in [-0.4, -0.2) is 25.7 Å². The fourth-order valence-corrected chi connectivity index (χ4v) is 4.18. The highest BCUT2D eigenvalue weighted by molar-refractivity contribution is 9.10. The fourth-order valence-electron chi connectivity index (χ4n) is 3.72. The molecular weight excluding hydrogens is 416 g/mol. The van der Waals surface area contributed by atoms with Gasteiger partial charge in [0.25, 0.3) is 0 Å². The summed E-state index contributed by atoms with van der Waals surface area (Å²) in [5.41, 5.74) is 5.14. The number of H-pyrrole nitrogens is 1. The number of aromatic nitrogens is 1. The number of ether oxygens (including phenoxy) is 2. The van der Waals surface area contributed by atoms with Gasteiger partial charge in [0, 0.05) is 15.6 Å². The summed E-state index contributed by atoms with van der Waals surface area (Å²) < 4.78 is 11.9. The molecule has 0 spiro atoms. The van der Waals surface area contributed by atoms with Gasteiger partial charge in [0.2, 0.25) is 0 Å². The van der Waals surface area contributed by atoms with E-state index in [4.69, 9.17) is 9.47 Å². The molecule has 2 heterocycles. The molecule has 1 aromatic heterocycles. The summed E-state index contributed by atoms with van der Waals surface area (Å²) in [6.45, 7) is 0.990. The predicted octanol–water partition coefficient (Wildman–Crippen LogP) is 4.80. The average Bonchev–Trinajstić information content (AvgIpc) is 3.03. The number of nitrogens with one attached hydrogen (secondary N) is 2. The summed E-state index contributed by atoms with van der Waals surface area (Å²) in [6.07, 6.45) is 1.95. The van der Waals surface area contributed by atoms with Crippen LogP contribution in [-0.2, 0) is 12.8 Å². The normalized spacial score (nSPS) is 16.0. The van der Waals surface area contributed by atoms with Gasteiger partial charge in [-0.25, -0.2) is 0 Å². The van der Waals surface area contributed by atoms with Crippen LogP contribution in [0.2, 0.25) is 0 Å². The first-order chi connectivity index (χ1) is 12.2. The van der Waals surface area contributed by atoms with Crippen LogP contribution in [0.1, 0.15) is 22.9 Å². The smallest absolute Gasteiger partial charge is 0.160 e. The van der Waals surface area contributed by atoms with Crippen LogP contribution in [0.4, 0.5) is 0 Å². The van der Waals surface area contributed by atoms with Gasteiger partial charge >= 0.3 is 0 Å². The SMILES string of the molecule is COc1ccc(CC2NCCc3c2[nH]c2c(Br)cccc32)cc1OC.Cl. The second-order valence-electron chi connectivity index (χ2n) is 6.33. The van der Waals surface area contributed by atoms with E-state index in [9.17, 15) is 0 Å². The Hall–Kier alpha value is -1.69. The number of halogens is 2. The van der Waals surface area contributed by atoms with Crippen LogP contribution in [0, 0.1) is 0 Å². The molecule has 0 radical (unpaired) electrons. The number of fused-ring (bicyclic) bond motifs is 3. The summed E-state index contributed by atoms with van der Waals surface area (Å²) in [5.74, 6) is 1.54. The van der Waals surface area contributed by atoms with Gasteiger partial charge in [-0.3, -0.25) is 0 Å². The van der Waals surface area contributed by atoms with Crippen molar-refractivity contribution in [2.24, 2.45) is 0 Å². The first kappa shape index (κ1) is 19.1. The quantitative estimate of drug-likeness (QED) is 0.616. The summed E-state index contributed by atoms with van der Waals surface area (Å²) in [6, 6.07) is 12.8. The standard InChI is InChI=1S/C20H21BrN2O2.ClH/c1-24-17-7-6-12(11-18(17)25-2)10-16-20-14(8-9-22-16)13-4-3-5-15(21)19(13)23-20;/h3-7,11,16,22-23H,8-10H2,1-2H3;1H. The van der Waals surface area contributed by atoms with Gasteiger partial charge in [-0.2, -0.15) is 0 Å². The Kier molecular flexibility index (Phi) is 5.80. The van der Waals surface area contributed by atoms with Crippen LogP contribution in [0.15, 0.2) is 40.9 Å². The van der Waals surface area contributed by atoms with Gasteiger partial charge in [-0.1, -0.05) is 18.2 Å². The first-order valence-electron chi connectivity index (χ1n) is 8.44. The third kappa shape index (κ3) is 3.31. The van der Waals surface area contributed by atoms with Gasteiger partial charge in [-0.15, -0.1) is 12.4 Å². The molecule has 1 unspecified atom stereocenters. The fraction of sp³-hybridized carbons (Fsp3) is 0.300. The molecule has 26 heavy (non-hydrogen) atoms. The van der Waals surface area contributed by atoms with E-state index >= 15 is 0 Å². The zero-order valence-electron chi connectivity index (χ0n) is 14.8. The number of hydrogen-bond acceptors (Lipinski definition) is 3. The van der Waals surface area contributed by atoms with Crippen molar-refractivity contribution >= 4 is 39.2 Å². The molecule has 3 aromatic rings. The second-order valence-corrected chi connectivity index (χ2v) is 7.18. The van der Waals surface area contributed by atoms with Gasteiger partial charge < -0.3 is 19.8 Å². The number of methoxy groups -OCH3 is 2. The summed E-state index contributed by atoms with van der Waals surface area (Å²) in [7, 11) is 3.34. The maximum Gasteiger partial charge on any atom is 0.160 e. The molecule has 0 aliphatic carbocycles. The molecule has 2 N–H and O–H groups in total. The minimum absolute atomic E-state index is 0. The van der Waals surface area contributed by atoms with Crippen LogP contribution in [0.3, 0.4) is 0 Å². The molecule has 1 atom stereocenters. The van der Waals surface area contributed by atoms with E-state index in [0.717, 1.165) is 35.4 Å². The minimum atomic E-state index is 0. The lowest BCUT2D eigenvalue weighted by Gasteiger charge is -2.24. The maximum atomic E-state index is 5.44. The Labute approximate surface area is 167 Å². The van der Waals surface area contributed by atoms with Crippen molar-refractivity contribution in [3.63, 3.8) is 0 Å². The zero-order chi connectivity index (χ0) is 17.4. The number of aromatic amines is 1. The summed E-state index contributed by atoms with van der Waals surface area (Å²) in [4.78, 5) is 3.64. The Morgan fingerprint density at radius 1 is 1.12 bits per heavy atom. The maximum absolute atomic E-state index is 5.44. The Balaban J connectivity index is 0.00000196. The molecule has 1 aliphatic rings. The van der Waals surface area contributed by atoms with Gasteiger partial charge in [0.05, 0.1) is 25.8 Å². The molecule has 0 amide bonds. The van der Waals surface area contributed by atoms with Crippen molar-refractivity contribution in [2.75, 3.05) is 20.8 Å². The highest BCUT2D eigenvalue weighted by Gasteiger charge is 2.25. The van der Waals surface area contributed by atoms with Crippen LogP contribution < -0.4 is 14.8 Å². The van der Waals surface area contributed by atoms with Crippen molar-refractivity contribution in [3.05, 3.63) is 57.7 Å². The van der Waals surface area contributed by atoms with Crippen molar-refractivity contribution in [1.29, 1.82) is 0 Å². The molecule has 2 aromatic carbocycles. The lowest BCUT2D eigenvalue weighted by atomic mass is 9.94. The van der Waals surface area contributed by atoms with Gasteiger partial charge in [0.15, 0.2) is 11.5 Å². The van der Waals surface area contributed by atoms with E-state index in [1.807, 2.05) is 6.07 Å². The van der Waals surface area contributed by atoms with E-state index < -0.39 is 0 Å². The molecule has 0 saturated heterocycles. The number of para-hydroxylation sites is 1. The third-order valence-corrected chi connectivity index (χ3v) is 5.59. The molecule has 0 saturated carbocycles. The topological polar surface area (TPSA) is 46.3 Å². The number of benzene rings is 2. The summed E-state index contributed by atoms with van der Waals surface area (Å²) >= 11 is 3.66. The van der Waals surface area contributed by atoms with Gasteiger partial charge in [-0.05, 0) is 64.6 Å². The van der Waals surface area contributed by atoms with Crippen molar-refractivity contribution in [1.82, 2.24) is 10.3 Å². The number of rotatable bonds is 4. The van der Waals surface area contributed by atoms with E-state index in [1.54, 1.807) is 14.2 Å². The molecule has 4 rings (SSSR count). The highest BCUT2D eigenvalue weighted by Crippen LogP contribution is 2.35. The minimum Gasteiger partial charge on any atom is -0.493 e. The molecule has 4 nitrogen and oxygen atoms in total. The van der Waals surface area contributed by atoms with Crippen LogP contribution in [0.25, 0.3) is 10.9 Å². The van der Waals surface area contributed by atoms with Crippen LogP contribution in [0.5, 0.6) is 11.5 Å². The average molecular weight is 438 g/mol. The summed E-state index contributed by atoms with van der Waals surface area (Å²) in [5, 5.41) is 4.97. The molecule has 6 heteroatoms. The first-order valence-corrected chi connectivity index (χ1v) is 9.24. The third-order valence-electron chi connectivity index (χ3n) is 4.93. The zero-order valence-corrected chi connectivity index (χ0v) is 17.2. The molecule has 1 aliphatic heterocycles. The molecular formula is C20H22BrClN2O2. The van der Waals surface area contributed by atoms with E-state index in [2.05, 4.69) is 56.6 Å².